The van der Waals surface area contributed by atoms with Crippen molar-refractivity contribution in [1.82, 2.24) is 15.2 Å². The maximum Gasteiger partial charge on any atom is 0.273 e. The molecule has 1 aliphatic heterocycles. The monoisotopic (exact) mass is 363 g/mol. The molecule has 0 bridgehead atoms. The number of hydrogen-bond acceptors (Lipinski definition) is 5. The molecular formula is C14H19Cl2N3O2S. The summed E-state index contributed by atoms with van der Waals surface area (Å²) in [6.07, 6.45) is 1.62. The highest BCUT2D eigenvalue weighted by atomic mass is 35.5. The fourth-order valence-corrected chi connectivity index (χ4v) is 3.25. The highest BCUT2D eigenvalue weighted by Gasteiger charge is 2.27. The minimum Gasteiger partial charge on any atom is -0.462 e. The standard InChI is InChI=1S/C14H17N3O2S.2ClH/c1-9-8-15-5-6-17(9)14(18)12-10(2)20-13(16-12)11-4-3-7-19-11;;/h3-4,7,9,15H,5-6,8H2,1-2H3;2*1H/t9-;;/m1../s1. The van der Waals surface area contributed by atoms with Gasteiger partial charge >= 0.3 is 0 Å². The molecule has 122 valence electrons. The third-order valence-corrected chi connectivity index (χ3v) is 4.48. The Hall–Kier alpha value is -1.08. The van der Waals surface area contributed by atoms with E-state index < -0.39 is 0 Å². The number of furan rings is 1. The summed E-state index contributed by atoms with van der Waals surface area (Å²) in [7, 11) is 0. The Morgan fingerprint density at radius 3 is 2.91 bits per heavy atom. The molecule has 3 heterocycles. The van der Waals surface area contributed by atoms with Crippen molar-refractivity contribution in [2.75, 3.05) is 19.6 Å². The lowest BCUT2D eigenvalue weighted by Crippen LogP contribution is -2.52. The number of nitrogens with one attached hydrogen (secondary N) is 1. The van der Waals surface area contributed by atoms with E-state index in [4.69, 9.17) is 4.42 Å². The van der Waals surface area contributed by atoms with Gasteiger partial charge in [-0.25, -0.2) is 4.98 Å². The fraction of sp³-hybridized carbons (Fsp3) is 0.429. The summed E-state index contributed by atoms with van der Waals surface area (Å²) in [6.45, 7) is 6.39. The lowest BCUT2D eigenvalue weighted by atomic mass is 10.2. The van der Waals surface area contributed by atoms with Crippen molar-refractivity contribution in [2.24, 2.45) is 0 Å². The number of amides is 1. The van der Waals surface area contributed by atoms with Crippen molar-refractivity contribution < 1.29 is 9.21 Å². The Kier molecular flexibility index (Phi) is 6.87. The number of aryl methyl sites for hydroxylation is 1. The van der Waals surface area contributed by atoms with E-state index >= 15 is 0 Å². The third kappa shape index (κ3) is 3.63. The number of nitrogens with zero attached hydrogens (tertiary/aromatic N) is 2. The molecule has 5 nitrogen and oxygen atoms in total. The second-order valence-corrected chi connectivity index (χ2v) is 6.16. The molecule has 1 N–H and O–H groups in total. The number of hydrogen-bond donors (Lipinski definition) is 1. The van der Waals surface area contributed by atoms with Crippen LogP contribution in [-0.4, -0.2) is 41.5 Å². The smallest absolute Gasteiger partial charge is 0.273 e. The predicted molar refractivity (Wildman–Crippen MR) is 92.4 cm³/mol. The minimum absolute atomic E-state index is 0. The molecule has 22 heavy (non-hydrogen) atoms. The zero-order chi connectivity index (χ0) is 14.1. The first-order valence-electron chi connectivity index (χ1n) is 6.70. The number of carbonyl (C=O) groups excluding carboxylic acids is 1. The highest BCUT2D eigenvalue weighted by Crippen LogP contribution is 2.28. The first-order valence-corrected chi connectivity index (χ1v) is 7.51. The van der Waals surface area contributed by atoms with Crippen LogP contribution < -0.4 is 5.32 Å². The number of rotatable bonds is 2. The summed E-state index contributed by atoms with van der Waals surface area (Å²) < 4.78 is 5.35. The molecule has 0 radical (unpaired) electrons. The van der Waals surface area contributed by atoms with E-state index in [2.05, 4.69) is 17.2 Å². The van der Waals surface area contributed by atoms with Crippen LogP contribution in [0.1, 0.15) is 22.3 Å². The second-order valence-electron chi connectivity index (χ2n) is 4.95. The van der Waals surface area contributed by atoms with E-state index in [0.29, 0.717) is 11.5 Å². The van der Waals surface area contributed by atoms with Gasteiger partial charge in [0.05, 0.1) is 6.26 Å². The molecule has 1 aliphatic rings. The van der Waals surface area contributed by atoms with Crippen LogP contribution in [0.25, 0.3) is 10.8 Å². The van der Waals surface area contributed by atoms with Crippen LogP contribution in [0.2, 0.25) is 0 Å². The molecule has 0 aromatic carbocycles. The van der Waals surface area contributed by atoms with Crippen LogP contribution in [0.15, 0.2) is 22.8 Å². The summed E-state index contributed by atoms with van der Waals surface area (Å²) in [6, 6.07) is 3.88. The van der Waals surface area contributed by atoms with Gasteiger partial charge in [-0.2, -0.15) is 0 Å². The van der Waals surface area contributed by atoms with Crippen molar-refractivity contribution in [3.05, 3.63) is 29.0 Å². The van der Waals surface area contributed by atoms with Gasteiger partial charge in [-0.15, -0.1) is 36.2 Å². The molecule has 8 heteroatoms. The number of halogens is 2. The fourth-order valence-electron chi connectivity index (χ4n) is 2.38. The Morgan fingerprint density at radius 2 is 2.27 bits per heavy atom. The number of thiazole rings is 1. The number of aromatic nitrogens is 1. The maximum absolute atomic E-state index is 12.6. The molecule has 2 aromatic rings. The molecule has 2 aromatic heterocycles. The molecule has 0 unspecified atom stereocenters. The Bertz CT molecular complexity index is 616. The van der Waals surface area contributed by atoms with E-state index in [9.17, 15) is 4.79 Å². The Morgan fingerprint density at radius 1 is 1.50 bits per heavy atom. The molecule has 1 saturated heterocycles. The topological polar surface area (TPSA) is 58.4 Å². The quantitative estimate of drug-likeness (QED) is 0.890. The Balaban J connectivity index is 0.00000121. The normalized spacial score (nSPS) is 17.5. The molecule has 1 amide bonds. The SMILES string of the molecule is Cc1sc(-c2ccco2)nc1C(=O)N1CCNC[C@H]1C.Cl.Cl. The first-order chi connectivity index (χ1) is 9.66. The van der Waals surface area contributed by atoms with Crippen LogP contribution >= 0.6 is 36.2 Å². The summed E-state index contributed by atoms with van der Waals surface area (Å²) in [5.74, 6) is 0.732. The average molecular weight is 364 g/mol. The van der Waals surface area contributed by atoms with Crippen LogP contribution in [0.3, 0.4) is 0 Å². The van der Waals surface area contributed by atoms with Gasteiger partial charge < -0.3 is 14.6 Å². The van der Waals surface area contributed by atoms with Crippen molar-refractivity contribution in [1.29, 1.82) is 0 Å². The summed E-state index contributed by atoms with van der Waals surface area (Å²) >= 11 is 1.50. The van der Waals surface area contributed by atoms with Gasteiger partial charge in [-0.05, 0) is 26.0 Å². The Labute approximate surface area is 145 Å². The van der Waals surface area contributed by atoms with Gasteiger partial charge in [0.15, 0.2) is 10.8 Å². The van der Waals surface area contributed by atoms with Crippen LogP contribution in [-0.2, 0) is 0 Å². The van der Waals surface area contributed by atoms with Crippen LogP contribution in [0.5, 0.6) is 0 Å². The number of carbonyl (C=O) groups is 1. The molecule has 0 spiro atoms. The van der Waals surface area contributed by atoms with Crippen molar-refractivity contribution in [2.45, 2.75) is 19.9 Å². The summed E-state index contributed by atoms with van der Waals surface area (Å²) in [5.41, 5.74) is 0.551. The van der Waals surface area contributed by atoms with E-state index in [0.717, 1.165) is 29.5 Å². The van der Waals surface area contributed by atoms with Crippen molar-refractivity contribution in [3.63, 3.8) is 0 Å². The highest BCUT2D eigenvalue weighted by molar-refractivity contribution is 7.15. The van der Waals surface area contributed by atoms with Gasteiger partial charge in [0, 0.05) is 30.6 Å². The van der Waals surface area contributed by atoms with Crippen molar-refractivity contribution >= 4 is 42.1 Å². The average Bonchev–Trinajstić information content (AvgIpc) is 3.07. The van der Waals surface area contributed by atoms with Crippen LogP contribution in [0.4, 0.5) is 0 Å². The van der Waals surface area contributed by atoms with Gasteiger partial charge in [0.2, 0.25) is 0 Å². The molecule has 0 saturated carbocycles. The third-order valence-electron chi connectivity index (χ3n) is 3.49. The molecule has 1 atom stereocenters. The van der Waals surface area contributed by atoms with Crippen LogP contribution in [0, 0.1) is 6.92 Å². The van der Waals surface area contributed by atoms with Gasteiger partial charge in [0.25, 0.3) is 5.91 Å². The second kappa shape index (κ2) is 7.97. The molecule has 0 aliphatic carbocycles. The molecular weight excluding hydrogens is 345 g/mol. The minimum atomic E-state index is 0. The largest absolute Gasteiger partial charge is 0.462 e. The maximum atomic E-state index is 12.6. The molecule has 1 fully saturated rings. The van der Waals surface area contributed by atoms with E-state index in [1.807, 2.05) is 24.0 Å². The summed E-state index contributed by atoms with van der Waals surface area (Å²) in [4.78, 5) is 19.9. The lowest BCUT2D eigenvalue weighted by molar-refractivity contribution is 0.0650. The van der Waals surface area contributed by atoms with Gasteiger partial charge in [0.1, 0.15) is 5.69 Å². The van der Waals surface area contributed by atoms with E-state index in [1.54, 1.807) is 6.26 Å². The zero-order valence-corrected chi connectivity index (χ0v) is 14.8. The van der Waals surface area contributed by atoms with E-state index in [1.165, 1.54) is 11.3 Å². The van der Waals surface area contributed by atoms with E-state index in [-0.39, 0.29) is 36.8 Å². The van der Waals surface area contributed by atoms with Gasteiger partial charge in [-0.3, -0.25) is 4.79 Å². The number of piperazine rings is 1. The first kappa shape index (κ1) is 19.0. The van der Waals surface area contributed by atoms with Crippen molar-refractivity contribution in [3.8, 4) is 10.8 Å². The lowest BCUT2D eigenvalue weighted by Gasteiger charge is -2.33. The zero-order valence-electron chi connectivity index (χ0n) is 12.4. The predicted octanol–water partition coefficient (Wildman–Crippen LogP) is 2.99. The molecule has 3 rings (SSSR count). The van der Waals surface area contributed by atoms with Gasteiger partial charge in [-0.1, -0.05) is 0 Å². The summed E-state index contributed by atoms with van der Waals surface area (Å²) in [5, 5.41) is 4.05.